The van der Waals surface area contributed by atoms with Crippen LogP contribution in [0.4, 0.5) is 4.79 Å². The molecule has 2 amide bonds. The lowest BCUT2D eigenvalue weighted by Crippen LogP contribution is -2.46. The molecule has 1 aliphatic heterocycles. The molecule has 0 aromatic carbocycles. The monoisotopic (exact) mass is 264 g/mol. The molecule has 19 heavy (non-hydrogen) atoms. The Balaban J connectivity index is 1.83. The number of carbonyl (C=O) groups excluding carboxylic acids is 2. The summed E-state index contributed by atoms with van der Waals surface area (Å²) in [5.41, 5.74) is 0.304. The summed E-state index contributed by atoms with van der Waals surface area (Å²) < 4.78 is 4.66. The van der Waals surface area contributed by atoms with E-state index in [1.54, 1.807) is 4.90 Å². The first kappa shape index (κ1) is 13.3. The predicted molar refractivity (Wildman–Crippen MR) is 66.5 cm³/mol. The molecule has 0 saturated carbocycles. The van der Waals surface area contributed by atoms with Crippen LogP contribution in [0.25, 0.3) is 0 Å². The highest BCUT2D eigenvalue weighted by atomic mass is 16.5. The molecule has 1 aliphatic rings. The molecule has 1 fully saturated rings. The number of carbonyl (C=O) groups is 2. The van der Waals surface area contributed by atoms with Crippen molar-refractivity contribution in [2.24, 2.45) is 0 Å². The van der Waals surface area contributed by atoms with Gasteiger partial charge in [0.1, 0.15) is 5.69 Å². The summed E-state index contributed by atoms with van der Waals surface area (Å²) >= 11 is 0. The van der Waals surface area contributed by atoms with Crippen LogP contribution >= 0.6 is 0 Å². The third-order valence-corrected chi connectivity index (χ3v) is 3.06. The van der Waals surface area contributed by atoms with Gasteiger partial charge >= 0.3 is 6.09 Å². The molecule has 1 N–H and O–H groups in total. The lowest BCUT2D eigenvalue weighted by molar-refractivity contribution is 0.0887. The fourth-order valence-corrected chi connectivity index (χ4v) is 2.01. The number of likely N-dealkylation sites (tertiary alicyclic amines) is 1. The molecule has 0 radical (unpaired) electrons. The van der Waals surface area contributed by atoms with E-state index in [4.69, 9.17) is 0 Å². The van der Waals surface area contributed by atoms with Crippen LogP contribution in [0.3, 0.4) is 0 Å². The Hall–Kier alpha value is -2.18. The summed E-state index contributed by atoms with van der Waals surface area (Å²) in [6.07, 6.45) is 5.53. The van der Waals surface area contributed by atoms with E-state index in [-0.39, 0.29) is 18.0 Å². The second-order valence-electron chi connectivity index (χ2n) is 4.30. The van der Waals surface area contributed by atoms with E-state index in [9.17, 15) is 9.59 Å². The Kier molecular flexibility index (Phi) is 4.27. The van der Waals surface area contributed by atoms with Crippen molar-refractivity contribution < 1.29 is 14.3 Å². The van der Waals surface area contributed by atoms with Gasteiger partial charge in [-0.05, 0) is 12.8 Å². The molecule has 0 atom stereocenters. The minimum atomic E-state index is -0.321. The Labute approximate surface area is 111 Å². The predicted octanol–water partition coefficient (Wildman–Crippen LogP) is 0.437. The molecule has 2 rings (SSSR count). The van der Waals surface area contributed by atoms with Gasteiger partial charge in [-0.2, -0.15) is 0 Å². The Morgan fingerprint density at radius 3 is 2.68 bits per heavy atom. The van der Waals surface area contributed by atoms with Crippen molar-refractivity contribution in [3.63, 3.8) is 0 Å². The summed E-state index contributed by atoms with van der Waals surface area (Å²) in [5.74, 6) is -0.232. The third kappa shape index (κ3) is 3.40. The fraction of sp³-hybridized carbons (Fsp3) is 0.500. The zero-order valence-corrected chi connectivity index (χ0v) is 10.7. The first-order valence-electron chi connectivity index (χ1n) is 6.10. The van der Waals surface area contributed by atoms with Gasteiger partial charge in [0, 0.05) is 31.5 Å². The minimum Gasteiger partial charge on any atom is -0.453 e. The highest BCUT2D eigenvalue weighted by Crippen LogP contribution is 2.11. The van der Waals surface area contributed by atoms with E-state index in [1.807, 2.05) is 0 Å². The first-order chi connectivity index (χ1) is 9.20. The quantitative estimate of drug-likeness (QED) is 0.837. The third-order valence-electron chi connectivity index (χ3n) is 3.06. The van der Waals surface area contributed by atoms with Crippen molar-refractivity contribution in [1.82, 2.24) is 20.2 Å². The van der Waals surface area contributed by atoms with Crippen molar-refractivity contribution in [3.05, 3.63) is 24.3 Å². The summed E-state index contributed by atoms with van der Waals surface area (Å²) in [6.45, 7) is 1.16. The Bertz CT molecular complexity index is 444. The van der Waals surface area contributed by atoms with Crippen LogP contribution in [0.5, 0.6) is 0 Å². The van der Waals surface area contributed by atoms with Gasteiger partial charge in [-0.15, -0.1) is 0 Å². The molecule has 2 heterocycles. The van der Waals surface area contributed by atoms with Crippen LogP contribution < -0.4 is 5.32 Å². The number of nitrogens with one attached hydrogen (secondary N) is 1. The molecular formula is C12H16N4O3. The number of hydrogen-bond acceptors (Lipinski definition) is 5. The van der Waals surface area contributed by atoms with Crippen LogP contribution in [-0.2, 0) is 4.74 Å². The van der Waals surface area contributed by atoms with E-state index in [2.05, 4.69) is 20.0 Å². The van der Waals surface area contributed by atoms with Gasteiger partial charge in [0.15, 0.2) is 0 Å². The maximum absolute atomic E-state index is 11.9. The highest BCUT2D eigenvalue weighted by molar-refractivity contribution is 5.92. The largest absolute Gasteiger partial charge is 0.453 e. The van der Waals surface area contributed by atoms with Crippen LogP contribution in [0.2, 0.25) is 0 Å². The van der Waals surface area contributed by atoms with Crippen LogP contribution in [-0.4, -0.2) is 53.1 Å². The molecular weight excluding hydrogens is 248 g/mol. The average molecular weight is 264 g/mol. The molecule has 0 aliphatic carbocycles. The molecule has 1 saturated heterocycles. The standard InChI is InChI=1S/C12H16N4O3/c1-19-12(18)16-6-2-9(3-7-16)15-11(17)10-8-13-4-5-14-10/h4-5,8-9H,2-3,6-7H2,1H3,(H,15,17). The lowest BCUT2D eigenvalue weighted by Gasteiger charge is -2.31. The summed E-state index contributed by atoms with van der Waals surface area (Å²) in [6, 6.07) is 0.0513. The number of rotatable bonds is 2. The number of aromatic nitrogens is 2. The maximum atomic E-state index is 11.9. The fourth-order valence-electron chi connectivity index (χ4n) is 2.01. The van der Waals surface area contributed by atoms with E-state index < -0.39 is 0 Å². The Morgan fingerprint density at radius 1 is 1.37 bits per heavy atom. The van der Waals surface area contributed by atoms with Crippen LogP contribution in [0, 0.1) is 0 Å². The van der Waals surface area contributed by atoms with E-state index in [1.165, 1.54) is 25.7 Å². The number of methoxy groups -OCH3 is 1. The van der Waals surface area contributed by atoms with Crippen LogP contribution in [0.15, 0.2) is 18.6 Å². The van der Waals surface area contributed by atoms with Crippen molar-refractivity contribution in [1.29, 1.82) is 0 Å². The normalized spacial score (nSPS) is 15.9. The number of ether oxygens (including phenoxy) is 1. The maximum Gasteiger partial charge on any atom is 0.409 e. The molecule has 0 spiro atoms. The number of nitrogens with zero attached hydrogens (tertiary/aromatic N) is 3. The van der Waals surface area contributed by atoms with Crippen molar-refractivity contribution >= 4 is 12.0 Å². The van der Waals surface area contributed by atoms with Gasteiger partial charge in [0.2, 0.25) is 0 Å². The molecule has 0 unspecified atom stereocenters. The van der Waals surface area contributed by atoms with E-state index >= 15 is 0 Å². The number of amides is 2. The average Bonchev–Trinajstić information content (AvgIpc) is 2.48. The first-order valence-corrected chi connectivity index (χ1v) is 6.10. The SMILES string of the molecule is COC(=O)N1CCC(NC(=O)c2cnccn2)CC1. The number of piperidine rings is 1. The second kappa shape index (κ2) is 6.12. The van der Waals surface area contributed by atoms with Crippen molar-refractivity contribution in [3.8, 4) is 0 Å². The smallest absolute Gasteiger partial charge is 0.409 e. The molecule has 0 bridgehead atoms. The molecule has 7 nitrogen and oxygen atoms in total. The highest BCUT2D eigenvalue weighted by Gasteiger charge is 2.24. The minimum absolute atomic E-state index is 0.0513. The zero-order chi connectivity index (χ0) is 13.7. The Morgan fingerprint density at radius 2 is 2.11 bits per heavy atom. The summed E-state index contributed by atoms with van der Waals surface area (Å²) in [4.78, 5) is 32.6. The topological polar surface area (TPSA) is 84.4 Å². The van der Waals surface area contributed by atoms with Crippen molar-refractivity contribution in [2.75, 3.05) is 20.2 Å². The molecule has 102 valence electrons. The second-order valence-corrected chi connectivity index (χ2v) is 4.30. The van der Waals surface area contributed by atoms with Gasteiger partial charge in [0.05, 0.1) is 13.3 Å². The van der Waals surface area contributed by atoms with Gasteiger partial charge in [-0.25, -0.2) is 9.78 Å². The molecule has 7 heteroatoms. The van der Waals surface area contributed by atoms with Gasteiger partial charge < -0.3 is 15.0 Å². The molecule has 1 aromatic rings. The molecule has 1 aromatic heterocycles. The van der Waals surface area contributed by atoms with Gasteiger partial charge in [0.25, 0.3) is 5.91 Å². The summed E-state index contributed by atoms with van der Waals surface area (Å²) in [5, 5.41) is 2.89. The zero-order valence-electron chi connectivity index (χ0n) is 10.7. The summed E-state index contributed by atoms with van der Waals surface area (Å²) in [7, 11) is 1.37. The lowest BCUT2D eigenvalue weighted by atomic mass is 10.1. The van der Waals surface area contributed by atoms with E-state index in [0.717, 1.165) is 0 Å². The van der Waals surface area contributed by atoms with Gasteiger partial charge in [-0.3, -0.25) is 9.78 Å². The van der Waals surface area contributed by atoms with Crippen molar-refractivity contribution in [2.45, 2.75) is 18.9 Å². The van der Waals surface area contributed by atoms with E-state index in [0.29, 0.717) is 31.6 Å². The number of hydrogen-bond donors (Lipinski definition) is 1. The van der Waals surface area contributed by atoms with Gasteiger partial charge in [-0.1, -0.05) is 0 Å². The van der Waals surface area contributed by atoms with Crippen LogP contribution in [0.1, 0.15) is 23.3 Å².